The van der Waals surface area contributed by atoms with Crippen LogP contribution in [-0.2, 0) is 0 Å². The van der Waals surface area contributed by atoms with Crippen molar-refractivity contribution in [2.75, 3.05) is 19.0 Å². The lowest BCUT2D eigenvalue weighted by atomic mass is 10.1. The van der Waals surface area contributed by atoms with Gasteiger partial charge in [-0.15, -0.1) is 11.6 Å². The van der Waals surface area contributed by atoms with Crippen LogP contribution in [0.25, 0.3) is 11.0 Å². The summed E-state index contributed by atoms with van der Waals surface area (Å²) < 4.78 is 0. The van der Waals surface area contributed by atoms with Gasteiger partial charge < -0.3 is 4.90 Å². The van der Waals surface area contributed by atoms with Crippen LogP contribution in [0.2, 0.25) is 0 Å². The van der Waals surface area contributed by atoms with Gasteiger partial charge in [0.05, 0.1) is 11.1 Å². The van der Waals surface area contributed by atoms with E-state index in [1.807, 2.05) is 12.1 Å². The quantitative estimate of drug-likeness (QED) is 0.768. The van der Waals surface area contributed by atoms with E-state index in [0.29, 0.717) is 23.5 Å². The van der Waals surface area contributed by atoms with E-state index in [9.17, 15) is 4.79 Å². The Morgan fingerprint density at radius 2 is 2.05 bits per heavy atom. The molecule has 0 unspecified atom stereocenters. The van der Waals surface area contributed by atoms with Crippen molar-refractivity contribution in [3.63, 3.8) is 0 Å². The molecule has 0 fully saturated rings. The molecule has 0 radical (unpaired) electrons. The van der Waals surface area contributed by atoms with Gasteiger partial charge in [0.2, 0.25) is 0 Å². The zero-order valence-electron chi connectivity index (χ0n) is 11.6. The van der Waals surface area contributed by atoms with Gasteiger partial charge in [-0.3, -0.25) is 14.8 Å². The Labute approximate surface area is 123 Å². The second-order valence-electron chi connectivity index (χ2n) is 4.56. The Kier molecular flexibility index (Phi) is 5.30. The van der Waals surface area contributed by atoms with E-state index in [4.69, 9.17) is 11.6 Å². The summed E-state index contributed by atoms with van der Waals surface area (Å²) >= 11 is 5.80. The minimum atomic E-state index is -0.0230. The average Bonchev–Trinajstić information content (AvgIpc) is 2.50. The predicted octanol–water partition coefficient (Wildman–Crippen LogP) is 3.11. The number of para-hydroxylation sites is 1. The Morgan fingerprint density at radius 1 is 1.25 bits per heavy atom. The molecule has 4 nitrogen and oxygen atoms in total. The molecule has 0 saturated heterocycles. The number of hydrogen-bond donors (Lipinski definition) is 0. The SMILES string of the molecule is CCCCN(CCCl)C(=O)c1cccc2nccnc12. The van der Waals surface area contributed by atoms with Crippen molar-refractivity contribution >= 4 is 28.5 Å². The van der Waals surface area contributed by atoms with Gasteiger partial charge in [0.25, 0.3) is 5.91 Å². The predicted molar refractivity (Wildman–Crippen MR) is 81.1 cm³/mol. The highest BCUT2D eigenvalue weighted by Gasteiger charge is 2.18. The molecule has 0 atom stereocenters. The van der Waals surface area contributed by atoms with Crippen molar-refractivity contribution in [1.29, 1.82) is 0 Å². The van der Waals surface area contributed by atoms with Crippen LogP contribution in [0.15, 0.2) is 30.6 Å². The number of alkyl halides is 1. The van der Waals surface area contributed by atoms with Crippen molar-refractivity contribution in [3.05, 3.63) is 36.2 Å². The maximum absolute atomic E-state index is 12.7. The molecule has 2 aromatic rings. The van der Waals surface area contributed by atoms with Crippen molar-refractivity contribution in [1.82, 2.24) is 14.9 Å². The summed E-state index contributed by atoms with van der Waals surface area (Å²) in [7, 11) is 0. The normalized spacial score (nSPS) is 10.7. The fourth-order valence-corrected chi connectivity index (χ4v) is 2.31. The van der Waals surface area contributed by atoms with E-state index in [1.165, 1.54) is 0 Å². The summed E-state index contributed by atoms with van der Waals surface area (Å²) in [6.45, 7) is 3.38. The number of aromatic nitrogens is 2. The number of carbonyl (C=O) groups excluding carboxylic acids is 1. The molecule has 0 spiro atoms. The minimum Gasteiger partial charge on any atom is -0.337 e. The molecule has 0 bridgehead atoms. The first kappa shape index (κ1) is 14.7. The highest BCUT2D eigenvalue weighted by Crippen LogP contribution is 2.16. The standard InChI is InChI=1S/C15H18ClN3O/c1-2-3-10-19(11-7-16)15(20)12-5-4-6-13-14(12)18-9-8-17-13/h4-6,8-9H,2-3,7,10-11H2,1H3. The topological polar surface area (TPSA) is 46.1 Å². The molecular formula is C15H18ClN3O. The van der Waals surface area contributed by atoms with E-state index in [-0.39, 0.29) is 5.91 Å². The van der Waals surface area contributed by atoms with Gasteiger partial charge in [-0.05, 0) is 18.6 Å². The van der Waals surface area contributed by atoms with Crippen molar-refractivity contribution in [3.8, 4) is 0 Å². The van der Waals surface area contributed by atoms with Gasteiger partial charge in [0.15, 0.2) is 0 Å². The minimum absolute atomic E-state index is 0.0230. The van der Waals surface area contributed by atoms with Crippen LogP contribution in [-0.4, -0.2) is 39.7 Å². The number of nitrogens with zero attached hydrogens (tertiary/aromatic N) is 3. The smallest absolute Gasteiger partial charge is 0.256 e. The third-order valence-electron chi connectivity index (χ3n) is 3.15. The number of rotatable bonds is 6. The summed E-state index contributed by atoms with van der Waals surface area (Å²) in [6, 6.07) is 5.49. The van der Waals surface area contributed by atoms with E-state index in [1.54, 1.807) is 23.4 Å². The molecule has 0 N–H and O–H groups in total. The summed E-state index contributed by atoms with van der Waals surface area (Å²) in [4.78, 5) is 23.0. The molecule has 106 valence electrons. The van der Waals surface area contributed by atoms with Crippen molar-refractivity contribution in [2.24, 2.45) is 0 Å². The Hall–Kier alpha value is -1.68. The van der Waals surface area contributed by atoms with E-state index >= 15 is 0 Å². The van der Waals surface area contributed by atoms with Gasteiger partial charge in [-0.1, -0.05) is 19.4 Å². The molecule has 5 heteroatoms. The lowest BCUT2D eigenvalue weighted by molar-refractivity contribution is 0.0765. The number of halogens is 1. The first-order chi connectivity index (χ1) is 9.77. The molecule has 20 heavy (non-hydrogen) atoms. The summed E-state index contributed by atoms with van der Waals surface area (Å²) in [5.74, 6) is 0.413. The largest absolute Gasteiger partial charge is 0.337 e. The monoisotopic (exact) mass is 291 g/mol. The first-order valence-electron chi connectivity index (χ1n) is 6.83. The molecule has 1 aromatic carbocycles. The van der Waals surface area contributed by atoms with E-state index < -0.39 is 0 Å². The zero-order valence-corrected chi connectivity index (χ0v) is 12.3. The molecule has 1 aromatic heterocycles. The summed E-state index contributed by atoms with van der Waals surface area (Å²) in [6.07, 6.45) is 5.25. The zero-order chi connectivity index (χ0) is 14.4. The molecule has 1 amide bonds. The van der Waals surface area contributed by atoms with Gasteiger partial charge in [-0.25, -0.2) is 0 Å². The Bertz CT molecular complexity index is 583. The van der Waals surface area contributed by atoms with Gasteiger partial charge in [0.1, 0.15) is 5.52 Å². The molecule has 1 heterocycles. The maximum Gasteiger partial charge on any atom is 0.256 e. The van der Waals surface area contributed by atoms with Crippen molar-refractivity contribution < 1.29 is 4.79 Å². The third-order valence-corrected chi connectivity index (χ3v) is 3.32. The van der Waals surface area contributed by atoms with Gasteiger partial charge in [0, 0.05) is 31.4 Å². The number of amides is 1. The third kappa shape index (κ3) is 3.25. The second-order valence-corrected chi connectivity index (χ2v) is 4.94. The van der Waals surface area contributed by atoms with Crippen LogP contribution >= 0.6 is 11.6 Å². The van der Waals surface area contributed by atoms with Gasteiger partial charge >= 0.3 is 0 Å². The fourth-order valence-electron chi connectivity index (χ4n) is 2.10. The Morgan fingerprint density at radius 3 is 2.80 bits per heavy atom. The molecule has 0 saturated carbocycles. The summed E-state index contributed by atoms with van der Waals surface area (Å²) in [5, 5.41) is 0. The maximum atomic E-state index is 12.7. The van der Waals surface area contributed by atoms with Crippen LogP contribution < -0.4 is 0 Å². The molecule has 0 aliphatic heterocycles. The lowest BCUT2D eigenvalue weighted by Gasteiger charge is -2.21. The second kappa shape index (κ2) is 7.20. The van der Waals surface area contributed by atoms with Crippen LogP contribution in [0.4, 0.5) is 0 Å². The lowest BCUT2D eigenvalue weighted by Crippen LogP contribution is -2.33. The molecule has 2 rings (SSSR count). The summed E-state index contributed by atoms with van der Waals surface area (Å²) in [5.41, 5.74) is 1.98. The Balaban J connectivity index is 2.33. The van der Waals surface area contributed by atoms with Crippen LogP contribution in [0.3, 0.4) is 0 Å². The van der Waals surface area contributed by atoms with Gasteiger partial charge in [-0.2, -0.15) is 0 Å². The van der Waals surface area contributed by atoms with E-state index in [2.05, 4.69) is 16.9 Å². The average molecular weight is 292 g/mol. The van der Waals surface area contributed by atoms with Crippen molar-refractivity contribution in [2.45, 2.75) is 19.8 Å². The first-order valence-corrected chi connectivity index (χ1v) is 7.36. The number of benzene rings is 1. The highest BCUT2D eigenvalue weighted by molar-refractivity contribution is 6.18. The van der Waals surface area contributed by atoms with Crippen LogP contribution in [0, 0.1) is 0 Å². The van der Waals surface area contributed by atoms with Crippen LogP contribution in [0.5, 0.6) is 0 Å². The highest BCUT2D eigenvalue weighted by atomic mass is 35.5. The molecule has 0 aliphatic carbocycles. The molecular weight excluding hydrogens is 274 g/mol. The van der Waals surface area contributed by atoms with E-state index in [0.717, 1.165) is 24.9 Å². The molecule has 0 aliphatic rings. The number of hydrogen-bond acceptors (Lipinski definition) is 3. The number of carbonyl (C=O) groups is 1. The number of unbranched alkanes of at least 4 members (excludes halogenated alkanes) is 1. The van der Waals surface area contributed by atoms with Crippen LogP contribution in [0.1, 0.15) is 30.1 Å². The number of fused-ring (bicyclic) bond motifs is 1. The fraction of sp³-hybridized carbons (Fsp3) is 0.400.